The van der Waals surface area contributed by atoms with Crippen molar-refractivity contribution in [2.45, 2.75) is 25.3 Å². The van der Waals surface area contributed by atoms with E-state index in [1.54, 1.807) is 0 Å². The zero-order chi connectivity index (χ0) is 7.90. The van der Waals surface area contributed by atoms with Gasteiger partial charge < -0.3 is 10.2 Å². The lowest BCUT2D eigenvalue weighted by atomic mass is 10.0. The van der Waals surface area contributed by atoms with Crippen LogP contribution < -0.4 is 5.32 Å². The second kappa shape index (κ2) is 2.46. The average molecular weight is 154 g/mol. The van der Waals surface area contributed by atoms with Crippen molar-refractivity contribution in [3.05, 3.63) is 0 Å². The van der Waals surface area contributed by atoms with Crippen LogP contribution in [-0.4, -0.2) is 38.1 Å². The highest BCUT2D eigenvalue weighted by Crippen LogP contribution is 2.54. The fraction of sp³-hybridized carbons (Fsp3) is 1.00. The molecule has 1 spiro atoms. The predicted octanol–water partition coefficient (Wildman–Crippen LogP) is 0.690. The minimum atomic E-state index is 0.774. The SMILES string of the molecule is CNCC1CC2(CC2)CN1C. The molecular formula is C9H18N2. The summed E-state index contributed by atoms with van der Waals surface area (Å²) in [6.07, 6.45) is 4.40. The second-order valence-corrected chi connectivity index (χ2v) is 4.33. The first kappa shape index (κ1) is 7.56. The van der Waals surface area contributed by atoms with Crippen LogP contribution in [-0.2, 0) is 0 Å². The Morgan fingerprint density at radius 1 is 1.55 bits per heavy atom. The Hall–Kier alpha value is -0.0800. The van der Waals surface area contributed by atoms with E-state index in [1.807, 2.05) is 7.05 Å². The van der Waals surface area contributed by atoms with Crippen molar-refractivity contribution >= 4 is 0 Å². The van der Waals surface area contributed by atoms with Crippen molar-refractivity contribution in [1.82, 2.24) is 10.2 Å². The van der Waals surface area contributed by atoms with Crippen LogP contribution in [0, 0.1) is 5.41 Å². The van der Waals surface area contributed by atoms with E-state index < -0.39 is 0 Å². The van der Waals surface area contributed by atoms with Crippen LogP contribution in [0.25, 0.3) is 0 Å². The van der Waals surface area contributed by atoms with Crippen molar-refractivity contribution < 1.29 is 0 Å². The normalized spacial score (nSPS) is 34.9. The van der Waals surface area contributed by atoms with Gasteiger partial charge in [0, 0.05) is 19.1 Å². The molecular weight excluding hydrogens is 136 g/mol. The maximum Gasteiger partial charge on any atom is 0.0223 e. The Morgan fingerprint density at radius 3 is 2.73 bits per heavy atom. The van der Waals surface area contributed by atoms with Gasteiger partial charge in [-0.3, -0.25) is 0 Å². The monoisotopic (exact) mass is 154 g/mol. The van der Waals surface area contributed by atoms with E-state index in [1.165, 1.54) is 25.8 Å². The third-order valence-electron chi connectivity index (χ3n) is 3.27. The molecule has 1 unspecified atom stereocenters. The summed E-state index contributed by atoms with van der Waals surface area (Å²) < 4.78 is 0. The maximum absolute atomic E-state index is 3.26. The van der Waals surface area contributed by atoms with Crippen molar-refractivity contribution in [2.24, 2.45) is 5.41 Å². The molecule has 0 amide bonds. The molecule has 2 rings (SSSR count). The summed E-state index contributed by atoms with van der Waals surface area (Å²) in [4.78, 5) is 2.52. The lowest BCUT2D eigenvalue weighted by Gasteiger charge is -2.17. The molecule has 0 aromatic heterocycles. The first-order valence-corrected chi connectivity index (χ1v) is 4.61. The zero-order valence-corrected chi connectivity index (χ0v) is 7.56. The third-order valence-corrected chi connectivity index (χ3v) is 3.27. The minimum absolute atomic E-state index is 0.774. The largest absolute Gasteiger partial charge is 0.318 e. The van der Waals surface area contributed by atoms with E-state index in [2.05, 4.69) is 17.3 Å². The molecule has 1 aliphatic heterocycles. The van der Waals surface area contributed by atoms with Crippen LogP contribution in [0.4, 0.5) is 0 Å². The van der Waals surface area contributed by atoms with E-state index in [0.717, 1.165) is 18.0 Å². The van der Waals surface area contributed by atoms with Gasteiger partial charge in [-0.15, -0.1) is 0 Å². The van der Waals surface area contributed by atoms with Gasteiger partial charge >= 0.3 is 0 Å². The Balaban J connectivity index is 1.92. The molecule has 64 valence electrons. The van der Waals surface area contributed by atoms with Gasteiger partial charge in [0.25, 0.3) is 0 Å². The van der Waals surface area contributed by atoms with E-state index in [9.17, 15) is 0 Å². The molecule has 1 saturated heterocycles. The Bertz CT molecular complexity index is 152. The second-order valence-electron chi connectivity index (χ2n) is 4.33. The van der Waals surface area contributed by atoms with Gasteiger partial charge in [0.15, 0.2) is 0 Å². The summed E-state index contributed by atoms with van der Waals surface area (Å²) >= 11 is 0. The van der Waals surface area contributed by atoms with Gasteiger partial charge in [0.1, 0.15) is 0 Å². The number of hydrogen-bond acceptors (Lipinski definition) is 2. The van der Waals surface area contributed by atoms with Crippen LogP contribution in [0.5, 0.6) is 0 Å². The van der Waals surface area contributed by atoms with Gasteiger partial charge in [0.2, 0.25) is 0 Å². The molecule has 0 aromatic rings. The standard InChI is InChI=1S/C9H18N2/c1-10-6-8-5-9(3-4-9)7-11(8)2/h8,10H,3-7H2,1-2H3. The number of likely N-dealkylation sites (N-methyl/N-ethyl adjacent to an activating group) is 2. The molecule has 2 aliphatic rings. The van der Waals surface area contributed by atoms with E-state index in [0.29, 0.717) is 0 Å². The van der Waals surface area contributed by atoms with Crippen molar-refractivity contribution in [3.8, 4) is 0 Å². The summed E-state index contributed by atoms with van der Waals surface area (Å²) in [5, 5.41) is 3.26. The lowest BCUT2D eigenvalue weighted by Crippen LogP contribution is -2.33. The highest BCUT2D eigenvalue weighted by atomic mass is 15.2. The van der Waals surface area contributed by atoms with E-state index in [4.69, 9.17) is 0 Å². The Kier molecular flexibility index (Phi) is 1.69. The summed E-state index contributed by atoms with van der Waals surface area (Å²) in [5.41, 5.74) is 0.774. The molecule has 2 heteroatoms. The maximum atomic E-state index is 3.26. The first-order valence-electron chi connectivity index (χ1n) is 4.61. The number of rotatable bonds is 2. The van der Waals surface area contributed by atoms with Gasteiger partial charge in [-0.1, -0.05) is 0 Å². The number of nitrogens with zero attached hydrogens (tertiary/aromatic N) is 1. The molecule has 0 bridgehead atoms. The Labute approximate surface area is 69.0 Å². The molecule has 11 heavy (non-hydrogen) atoms. The van der Waals surface area contributed by atoms with Crippen molar-refractivity contribution in [1.29, 1.82) is 0 Å². The molecule has 1 atom stereocenters. The molecule has 1 saturated carbocycles. The number of nitrogens with one attached hydrogen (secondary N) is 1. The van der Waals surface area contributed by atoms with Crippen molar-refractivity contribution in [3.63, 3.8) is 0 Å². The zero-order valence-electron chi connectivity index (χ0n) is 7.56. The van der Waals surface area contributed by atoms with Gasteiger partial charge in [-0.05, 0) is 38.8 Å². The molecule has 1 N–H and O–H groups in total. The minimum Gasteiger partial charge on any atom is -0.318 e. The van der Waals surface area contributed by atoms with E-state index in [-0.39, 0.29) is 0 Å². The third kappa shape index (κ3) is 1.30. The summed E-state index contributed by atoms with van der Waals surface area (Å²) in [6, 6.07) is 0.808. The van der Waals surface area contributed by atoms with Gasteiger partial charge in [0.05, 0.1) is 0 Å². The highest BCUT2D eigenvalue weighted by molar-refractivity contribution is 5.03. The highest BCUT2D eigenvalue weighted by Gasteiger charge is 2.50. The fourth-order valence-electron chi connectivity index (χ4n) is 2.38. The molecule has 2 nitrogen and oxygen atoms in total. The fourth-order valence-corrected chi connectivity index (χ4v) is 2.38. The van der Waals surface area contributed by atoms with Gasteiger partial charge in [-0.25, -0.2) is 0 Å². The smallest absolute Gasteiger partial charge is 0.0223 e. The summed E-state index contributed by atoms with van der Waals surface area (Å²) in [6.45, 7) is 2.51. The summed E-state index contributed by atoms with van der Waals surface area (Å²) in [7, 11) is 4.31. The van der Waals surface area contributed by atoms with Crippen LogP contribution in [0.15, 0.2) is 0 Å². The molecule has 1 heterocycles. The average Bonchev–Trinajstić information content (AvgIpc) is 2.61. The molecule has 0 radical (unpaired) electrons. The topological polar surface area (TPSA) is 15.3 Å². The van der Waals surface area contributed by atoms with Crippen LogP contribution >= 0.6 is 0 Å². The van der Waals surface area contributed by atoms with Crippen LogP contribution in [0.2, 0.25) is 0 Å². The number of likely N-dealkylation sites (tertiary alicyclic amines) is 1. The first-order chi connectivity index (χ1) is 5.26. The van der Waals surface area contributed by atoms with E-state index >= 15 is 0 Å². The van der Waals surface area contributed by atoms with Crippen molar-refractivity contribution in [2.75, 3.05) is 27.2 Å². The van der Waals surface area contributed by atoms with Gasteiger partial charge in [-0.2, -0.15) is 0 Å². The van der Waals surface area contributed by atoms with Crippen LogP contribution in [0.3, 0.4) is 0 Å². The number of hydrogen-bond donors (Lipinski definition) is 1. The predicted molar refractivity (Wildman–Crippen MR) is 46.6 cm³/mol. The summed E-state index contributed by atoms with van der Waals surface area (Å²) in [5.74, 6) is 0. The van der Waals surface area contributed by atoms with Crippen LogP contribution in [0.1, 0.15) is 19.3 Å². The quantitative estimate of drug-likeness (QED) is 0.629. The molecule has 0 aromatic carbocycles. The lowest BCUT2D eigenvalue weighted by molar-refractivity contribution is 0.301. The molecule has 1 aliphatic carbocycles. The Morgan fingerprint density at radius 2 is 2.27 bits per heavy atom. The molecule has 2 fully saturated rings.